The molecule has 0 radical (unpaired) electrons. The molecule has 0 bridgehead atoms. The zero-order valence-corrected chi connectivity index (χ0v) is 10.1. The molecule has 0 aromatic heterocycles. The monoisotopic (exact) mass is 259 g/mol. The van der Waals surface area contributed by atoms with Gasteiger partial charge in [0.1, 0.15) is 18.1 Å². The highest BCUT2D eigenvalue weighted by molar-refractivity contribution is 5.85. The number of cyclic esters (lactones) is 1. The first-order valence-electron chi connectivity index (χ1n) is 6.01. The first-order chi connectivity index (χ1) is 9.20. The van der Waals surface area contributed by atoms with Gasteiger partial charge in [0.2, 0.25) is 0 Å². The number of benzene rings is 2. The van der Waals surface area contributed by atoms with Gasteiger partial charge in [0.15, 0.2) is 6.10 Å². The third-order valence-corrected chi connectivity index (χ3v) is 2.98. The maximum atomic E-state index is 10.9. The SMILES string of the molecule is O=C1NCC(COc2ccc3ccc(O)cc3c2)O1. The predicted octanol–water partition coefficient (Wildman–Crippen LogP) is 2.03. The molecule has 1 heterocycles. The van der Waals surface area contributed by atoms with Crippen LogP contribution in [0.3, 0.4) is 0 Å². The molecule has 1 amide bonds. The second-order valence-electron chi connectivity index (χ2n) is 4.41. The quantitative estimate of drug-likeness (QED) is 0.885. The number of carbonyl (C=O) groups excluding carboxylic acids is 1. The van der Waals surface area contributed by atoms with Crippen molar-refractivity contribution in [2.75, 3.05) is 13.2 Å². The minimum absolute atomic E-state index is 0.221. The van der Waals surface area contributed by atoms with E-state index in [2.05, 4.69) is 5.32 Å². The lowest BCUT2D eigenvalue weighted by Gasteiger charge is -2.10. The van der Waals surface area contributed by atoms with Crippen molar-refractivity contribution in [2.24, 2.45) is 0 Å². The molecule has 1 saturated heterocycles. The largest absolute Gasteiger partial charge is 0.508 e. The second-order valence-corrected chi connectivity index (χ2v) is 4.41. The van der Waals surface area contributed by atoms with Crippen molar-refractivity contribution in [3.8, 4) is 11.5 Å². The van der Waals surface area contributed by atoms with Crippen LogP contribution in [0.15, 0.2) is 36.4 Å². The van der Waals surface area contributed by atoms with Crippen LogP contribution < -0.4 is 10.1 Å². The van der Waals surface area contributed by atoms with Gasteiger partial charge in [-0.1, -0.05) is 12.1 Å². The zero-order valence-electron chi connectivity index (χ0n) is 10.1. The van der Waals surface area contributed by atoms with Crippen LogP contribution in [-0.2, 0) is 4.74 Å². The molecule has 1 aliphatic rings. The molecule has 1 unspecified atom stereocenters. The first kappa shape index (κ1) is 11.6. The van der Waals surface area contributed by atoms with Gasteiger partial charge in [0, 0.05) is 0 Å². The van der Waals surface area contributed by atoms with E-state index in [0.717, 1.165) is 10.8 Å². The van der Waals surface area contributed by atoms with Crippen LogP contribution in [0.1, 0.15) is 0 Å². The molecule has 1 aliphatic heterocycles. The molecule has 5 heteroatoms. The van der Waals surface area contributed by atoms with E-state index in [1.54, 1.807) is 12.1 Å². The number of amides is 1. The average molecular weight is 259 g/mol. The Kier molecular flexibility index (Phi) is 2.87. The molecule has 3 rings (SSSR count). The Morgan fingerprint density at radius 3 is 2.89 bits per heavy atom. The van der Waals surface area contributed by atoms with Crippen molar-refractivity contribution in [3.05, 3.63) is 36.4 Å². The van der Waals surface area contributed by atoms with Gasteiger partial charge in [0.25, 0.3) is 0 Å². The molecule has 1 atom stereocenters. The van der Waals surface area contributed by atoms with Gasteiger partial charge >= 0.3 is 6.09 Å². The number of ether oxygens (including phenoxy) is 2. The molecular weight excluding hydrogens is 246 g/mol. The maximum absolute atomic E-state index is 10.9. The van der Waals surface area contributed by atoms with Gasteiger partial charge in [-0.25, -0.2) is 4.79 Å². The van der Waals surface area contributed by atoms with Gasteiger partial charge in [-0.3, -0.25) is 0 Å². The Balaban J connectivity index is 1.72. The molecule has 0 saturated carbocycles. The summed E-state index contributed by atoms with van der Waals surface area (Å²) in [5.74, 6) is 0.902. The van der Waals surface area contributed by atoms with Crippen LogP contribution >= 0.6 is 0 Å². The minimum Gasteiger partial charge on any atom is -0.508 e. The van der Waals surface area contributed by atoms with Crippen LogP contribution in [0, 0.1) is 0 Å². The van der Waals surface area contributed by atoms with Gasteiger partial charge in [0.05, 0.1) is 6.54 Å². The smallest absolute Gasteiger partial charge is 0.407 e. The van der Waals surface area contributed by atoms with Crippen molar-refractivity contribution >= 4 is 16.9 Å². The van der Waals surface area contributed by atoms with Gasteiger partial charge < -0.3 is 19.9 Å². The summed E-state index contributed by atoms with van der Waals surface area (Å²) in [5.41, 5.74) is 0. The fourth-order valence-corrected chi connectivity index (χ4v) is 2.02. The number of aromatic hydroxyl groups is 1. The fraction of sp³-hybridized carbons (Fsp3) is 0.214. The molecule has 2 N–H and O–H groups in total. The highest BCUT2D eigenvalue weighted by Gasteiger charge is 2.22. The van der Waals surface area contributed by atoms with Gasteiger partial charge in [-0.05, 0) is 35.0 Å². The number of rotatable bonds is 3. The normalized spacial score (nSPS) is 18.1. The number of hydrogen-bond acceptors (Lipinski definition) is 4. The topological polar surface area (TPSA) is 67.8 Å². The summed E-state index contributed by atoms with van der Waals surface area (Å²) in [7, 11) is 0. The van der Waals surface area contributed by atoms with E-state index in [4.69, 9.17) is 9.47 Å². The van der Waals surface area contributed by atoms with Crippen molar-refractivity contribution in [1.29, 1.82) is 0 Å². The highest BCUT2D eigenvalue weighted by Crippen LogP contribution is 2.24. The molecule has 5 nitrogen and oxygen atoms in total. The summed E-state index contributed by atoms with van der Waals surface area (Å²) in [5, 5.41) is 13.9. The van der Waals surface area contributed by atoms with Crippen molar-refractivity contribution in [3.63, 3.8) is 0 Å². The number of phenols is 1. The standard InChI is InChI=1S/C14H13NO4/c16-11-3-1-9-2-4-12(6-10(9)5-11)18-8-13-7-15-14(17)19-13/h1-6,13,16H,7-8H2,(H,15,17). The Labute approximate surface area is 109 Å². The molecule has 0 aliphatic carbocycles. The number of alkyl carbamates (subject to hydrolysis) is 1. The summed E-state index contributed by atoms with van der Waals surface area (Å²) in [4.78, 5) is 10.9. The number of hydrogen-bond donors (Lipinski definition) is 2. The first-order valence-corrected chi connectivity index (χ1v) is 6.01. The molecule has 1 fully saturated rings. The lowest BCUT2D eigenvalue weighted by Crippen LogP contribution is -2.21. The van der Waals surface area contributed by atoms with Crippen LogP contribution in [-0.4, -0.2) is 30.5 Å². The van der Waals surface area contributed by atoms with Crippen molar-refractivity contribution in [2.45, 2.75) is 6.10 Å². The molecular formula is C14H13NO4. The Bertz CT molecular complexity index is 626. The van der Waals surface area contributed by atoms with Crippen LogP contribution in [0.25, 0.3) is 10.8 Å². The van der Waals surface area contributed by atoms with Gasteiger partial charge in [-0.2, -0.15) is 0 Å². The number of nitrogens with one attached hydrogen (secondary N) is 1. The Hall–Kier alpha value is -2.43. The number of carbonyl (C=O) groups is 1. The van der Waals surface area contributed by atoms with Crippen molar-refractivity contribution < 1.29 is 19.4 Å². The number of phenolic OH excluding ortho intramolecular Hbond substituents is 1. The van der Waals surface area contributed by atoms with E-state index in [1.807, 2.05) is 24.3 Å². The summed E-state index contributed by atoms with van der Waals surface area (Å²) in [6.07, 6.45) is -0.663. The third kappa shape index (κ3) is 2.54. The Morgan fingerprint density at radius 1 is 1.26 bits per heavy atom. The molecule has 98 valence electrons. The minimum atomic E-state index is -0.406. The summed E-state index contributed by atoms with van der Waals surface area (Å²) in [6, 6.07) is 10.8. The zero-order chi connectivity index (χ0) is 13.2. The second kappa shape index (κ2) is 4.68. The molecule has 19 heavy (non-hydrogen) atoms. The van der Waals surface area contributed by atoms with E-state index in [1.165, 1.54) is 0 Å². The van der Waals surface area contributed by atoms with Crippen LogP contribution in [0.2, 0.25) is 0 Å². The van der Waals surface area contributed by atoms with Crippen LogP contribution in [0.5, 0.6) is 11.5 Å². The average Bonchev–Trinajstić information content (AvgIpc) is 2.81. The van der Waals surface area contributed by atoms with E-state index in [-0.39, 0.29) is 11.9 Å². The summed E-state index contributed by atoms with van der Waals surface area (Å²) in [6.45, 7) is 0.774. The molecule has 2 aromatic carbocycles. The fourth-order valence-electron chi connectivity index (χ4n) is 2.02. The van der Waals surface area contributed by atoms with E-state index >= 15 is 0 Å². The van der Waals surface area contributed by atoms with E-state index in [9.17, 15) is 9.90 Å². The van der Waals surface area contributed by atoms with Gasteiger partial charge in [-0.15, -0.1) is 0 Å². The maximum Gasteiger partial charge on any atom is 0.407 e. The molecule has 2 aromatic rings. The molecule has 0 spiro atoms. The van der Waals surface area contributed by atoms with E-state index < -0.39 is 6.09 Å². The summed E-state index contributed by atoms with van der Waals surface area (Å²) >= 11 is 0. The van der Waals surface area contributed by atoms with E-state index in [0.29, 0.717) is 18.9 Å². The predicted molar refractivity (Wildman–Crippen MR) is 69.4 cm³/mol. The third-order valence-electron chi connectivity index (χ3n) is 2.98. The lowest BCUT2D eigenvalue weighted by atomic mass is 10.1. The van der Waals surface area contributed by atoms with Crippen LogP contribution in [0.4, 0.5) is 4.79 Å². The lowest BCUT2D eigenvalue weighted by molar-refractivity contribution is 0.105. The number of fused-ring (bicyclic) bond motifs is 1. The Morgan fingerprint density at radius 2 is 2.11 bits per heavy atom. The van der Waals surface area contributed by atoms with Crippen molar-refractivity contribution in [1.82, 2.24) is 5.32 Å². The summed E-state index contributed by atoms with van der Waals surface area (Å²) < 4.78 is 10.6. The highest BCUT2D eigenvalue weighted by atomic mass is 16.6.